The van der Waals surface area contributed by atoms with Crippen molar-refractivity contribution in [1.29, 1.82) is 0 Å². The topological polar surface area (TPSA) is 79.2 Å². The van der Waals surface area contributed by atoms with Gasteiger partial charge in [0.1, 0.15) is 12.2 Å². The van der Waals surface area contributed by atoms with Gasteiger partial charge in [0, 0.05) is 7.11 Å². The molecule has 0 radical (unpaired) electrons. The van der Waals surface area contributed by atoms with Crippen LogP contribution in [0, 0.1) is 0 Å². The predicted octanol–water partition coefficient (Wildman–Crippen LogP) is -1.64. The first-order valence-corrected chi connectivity index (χ1v) is 3.74. The molecule has 0 bridgehead atoms. The Bertz CT molecular complexity index is 97.8. The average Bonchev–Trinajstić information content (AvgIpc) is 2.04. The molecule has 0 aromatic carbocycles. The Morgan fingerprint density at radius 1 is 1.08 bits per heavy atom. The molecule has 0 rings (SSSR count). The molecule has 2 atom stereocenters. The highest BCUT2D eigenvalue weighted by Gasteiger charge is 2.05. The van der Waals surface area contributed by atoms with E-state index < -0.39 is 12.2 Å². The van der Waals surface area contributed by atoms with Crippen molar-refractivity contribution in [2.75, 3.05) is 33.5 Å². The van der Waals surface area contributed by atoms with E-state index in [1.807, 2.05) is 0 Å². The fourth-order valence-corrected chi connectivity index (χ4v) is 0.633. The van der Waals surface area contributed by atoms with E-state index in [0.717, 1.165) is 0 Å². The maximum absolute atomic E-state index is 9.04. The van der Waals surface area contributed by atoms with Gasteiger partial charge in [0.05, 0.1) is 26.4 Å². The summed E-state index contributed by atoms with van der Waals surface area (Å²) in [6.07, 6.45) is -1.55. The van der Waals surface area contributed by atoms with Crippen molar-refractivity contribution in [1.82, 2.24) is 0 Å². The van der Waals surface area contributed by atoms with Crippen molar-refractivity contribution < 1.29 is 24.8 Å². The number of methoxy groups -OCH3 is 1. The number of aliphatic hydroxyl groups is 3. The molecule has 0 amide bonds. The highest BCUT2D eigenvalue weighted by molar-refractivity contribution is 4.53. The van der Waals surface area contributed by atoms with Gasteiger partial charge in [-0.1, -0.05) is 0 Å². The molecule has 5 nitrogen and oxygen atoms in total. The molecule has 0 saturated heterocycles. The molecule has 12 heavy (non-hydrogen) atoms. The van der Waals surface area contributed by atoms with Crippen LogP contribution < -0.4 is 0 Å². The zero-order chi connectivity index (χ0) is 9.40. The SMILES string of the molecule is COCC(O)COCC(O)CO. The molecule has 0 aromatic heterocycles. The fraction of sp³-hybridized carbons (Fsp3) is 1.00. The van der Waals surface area contributed by atoms with Crippen molar-refractivity contribution in [2.45, 2.75) is 12.2 Å². The third-order valence-electron chi connectivity index (χ3n) is 1.19. The molecule has 2 unspecified atom stereocenters. The summed E-state index contributed by atoms with van der Waals surface area (Å²) in [5, 5.41) is 26.2. The Kier molecular flexibility index (Phi) is 7.33. The lowest BCUT2D eigenvalue weighted by atomic mass is 10.4. The van der Waals surface area contributed by atoms with E-state index in [0.29, 0.717) is 0 Å². The highest BCUT2D eigenvalue weighted by Crippen LogP contribution is 1.88. The van der Waals surface area contributed by atoms with E-state index in [9.17, 15) is 0 Å². The largest absolute Gasteiger partial charge is 0.394 e. The van der Waals surface area contributed by atoms with E-state index >= 15 is 0 Å². The Morgan fingerprint density at radius 3 is 2.17 bits per heavy atom. The van der Waals surface area contributed by atoms with Gasteiger partial charge in [-0.25, -0.2) is 0 Å². The van der Waals surface area contributed by atoms with Gasteiger partial charge in [0.15, 0.2) is 0 Å². The third kappa shape index (κ3) is 6.51. The molecule has 0 saturated carbocycles. The van der Waals surface area contributed by atoms with Crippen LogP contribution in [0.15, 0.2) is 0 Å². The molecule has 0 aliphatic carbocycles. The number of ether oxygens (including phenoxy) is 2. The number of hydrogen-bond donors (Lipinski definition) is 3. The lowest BCUT2D eigenvalue weighted by Crippen LogP contribution is -2.26. The normalized spacial score (nSPS) is 16.0. The summed E-state index contributed by atoms with van der Waals surface area (Å²) < 4.78 is 9.51. The zero-order valence-electron chi connectivity index (χ0n) is 7.14. The number of rotatable bonds is 7. The van der Waals surface area contributed by atoms with Crippen LogP contribution in [-0.4, -0.2) is 61.1 Å². The van der Waals surface area contributed by atoms with Crippen molar-refractivity contribution in [3.05, 3.63) is 0 Å². The minimum atomic E-state index is -0.875. The molecular weight excluding hydrogens is 164 g/mol. The van der Waals surface area contributed by atoms with Crippen molar-refractivity contribution >= 4 is 0 Å². The molecule has 0 fully saturated rings. The van der Waals surface area contributed by atoms with Crippen LogP contribution >= 0.6 is 0 Å². The van der Waals surface area contributed by atoms with Gasteiger partial charge >= 0.3 is 0 Å². The van der Waals surface area contributed by atoms with Gasteiger partial charge in [-0.05, 0) is 0 Å². The molecule has 74 valence electrons. The molecule has 0 heterocycles. The van der Waals surface area contributed by atoms with Crippen LogP contribution in [0.1, 0.15) is 0 Å². The Hall–Kier alpha value is -0.200. The molecule has 3 N–H and O–H groups in total. The van der Waals surface area contributed by atoms with E-state index in [4.69, 9.17) is 20.1 Å². The van der Waals surface area contributed by atoms with E-state index in [1.54, 1.807) is 0 Å². The Labute approximate surface area is 71.5 Å². The first kappa shape index (κ1) is 11.8. The van der Waals surface area contributed by atoms with E-state index in [1.165, 1.54) is 7.11 Å². The van der Waals surface area contributed by atoms with E-state index in [2.05, 4.69) is 4.74 Å². The molecule has 0 spiro atoms. The predicted molar refractivity (Wildman–Crippen MR) is 41.8 cm³/mol. The summed E-state index contributed by atoms with van der Waals surface area (Å²) in [5.74, 6) is 0. The zero-order valence-corrected chi connectivity index (χ0v) is 7.14. The highest BCUT2D eigenvalue weighted by atomic mass is 16.5. The van der Waals surface area contributed by atoms with Gasteiger partial charge < -0.3 is 24.8 Å². The van der Waals surface area contributed by atoms with Gasteiger partial charge in [-0.2, -0.15) is 0 Å². The van der Waals surface area contributed by atoms with Crippen molar-refractivity contribution in [2.24, 2.45) is 0 Å². The lowest BCUT2D eigenvalue weighted by Gasteiger charge is -2.11. The Balaban J connectivity index is 3.18. The minimum Gasteiger partial charge on any atom is -0.394 e. The first-order chi connectivity index (χ1) is 5.70. The van der Waals surface area contributed by atoms with Crippen LogP contribution in [-0.2, 0) is 9.47 Å². The number of hydrogen-bond acceptors (Lipinski definition) is 5. The lowest BCUT2D eigenvalue weighted by molar-refractivity contribution is -0.0417. The summed E-state index contributed by atoms with van der Waals surface area (Å²) in [4.78, 5) is 0. The van der Waals surface area contributed by atoms with Crippen molar-refractivity contribution in [3.8, 4) is 0 Å². The van der Waals surface area contributed by atoms with Gasteiger partial charge in [0.25, 0.3) is 0 Å². The van der Waals surface area contributed by atoms with Crippen LogP contribution in [0.5, 0.6) is 0 Å². The van der Waals surface area contributed by atoms with Gasteiger partial charge in [-0.15, -0.1) is 0 Å². The van der Waals surface area contributed by atoms with Crippen LogP contribution in [0.3, 0.4) is 0 Å². The van der Waals surface area contributed by atoms with E-state index in [-0.39, 0.29) is 26.4 Å². The minimum absolute atomic E-state index is 0.0251. The standard InChI is InChI=1S/C7H16O5/c1-11-3-7(10)5-12-4-6(9)2-8/h6-10H,2-5H2,1H3. The summed E-state index contributed by atoms with van der Waals surface area (Å²) >= 11 is 0. The van der Waals surface area contributed by atoms with Crippen LogP contribution in [0.4, 0.5) is 0 Å². The summed E-state index contributed by atoms with van der Waals surface area (Å²) in [6.45, 7) is -0.00221. The quantitative estimate of drug-likeness (QED) is 0.438. The molecule has 0 aliphatic heterocycles. The second kappa shape index (κ2) is 7.45. The maximum Gasteiger partial charge on any atom is 0.101 e. The summed E-state index contributed by atoms with van der Waals surface area (Å²) in [7, 11) is 1.48. The summed E-state index contributed by atoms with van der Waals surface area (Å²) in [5.41, 5.74) is 0. The van der Waals surface area contributed by atoms with Gasteiger partial charge in [-0.3, -0.25) is 0 Å². The number of aliphatic hydroxyl groups excluding tert-OH is 3. The monoisotopic (exact) mass is 180 g/mol. The second-order valence-corrected chi connectivity index (χ2v) is 2.48. The van der Waals surface area contributed by atoms with Crippen LogP contribution in [0.25, 0.3) is 0 Å². The molecule has 0 aliphatic rings. The van der Waals surface area contributed by atoms with Gasteiger partial charge in [0.2, 0.25) is 0 Å². The smallest absolute Gasteiger partial charge is 0.101 e. The molecular formula is C7H16O5. The molecule has 5 heteroatoms. The fourth-order valence-electron chi connectivity index (χ4n) is 0.633. The first-order valence-electron chi connectivity index (χ1n) is 3.74. The maximum atomic E-state index is 9.04. The molecule has 0 aromatic rings. The summed E-state index contributed by atoms with van der Waals surface area (Å²) in [6, 6.07) is 0. The van der Waals surface area contributed by atoms with Crippen LogP contribution in [0.2, 0.25) is 0 Å². The Morgan fingerprint density at radius 2 is 1.67 bits per heavy atom. The average molecular weight is 180 g/mol. The van der Waals surface area contributed by atoms with Crippen molar-refractivity contribution in [3.63, 3.8) is 0 Å². The second-order valence-electron chi connectivity index (χ2n) is 2.48. The third-order valence-corrected chi connectivity index (χ3v) is 1.19.